The van der Waals surface area contributed by atoms with E-state index >= 15 is 0 Å². The number of hydrogen-bond acceptors (Lipinski definition) is 5. The molecule has 1 heterocycles. The minimum Gasteiger partial charge on any atom is -0.480 e. The highest BCUT2D eigenvalue weighted by atomic mass is 32.2. The molecule has 0 aliphatic carbocycles. The van der Waals surface area contributed by atoms with Crippen LogP contribution >= 0.6 is 11.8 Å². The molecule has 1 rings (SSSR count). The van der Waals surface area contributed by atoms with Crippen molar-refractivity contribution in [2.75, 3.05) is 24.7 Å². The average molecular weight is 234 g/mol. The number of hydrogen-bond donors (Lipinski definition) is 4. The van der Waals surface area contributed by atoms with Crippen molar-refractivity contribution in [3.05, 3.63) is 0 Å². The normalized spacial score (nSPS) is 23.1. The van der Waals surface area contributed by atoms with Crippen molar-refractivity contribution in [3.8, 4) is 0 Å². The van der Waals surface area contributed by atoms with Crippen LogP contribution in [0.3, 0.4) is 0 Å². The first-order valence-corrected chi connectivity index (χ1v) is 5.75. The Labute approximate surface area is 91.4 Å². The van der Waals surface area contributed by atoms with Crippen molar-refractivity contribution in [1.82, 2.24) is 10.6 Å². The van der Waals surface area contributed by atoms with Crippen molar-refractivity contribution in [1.29, 1.82) is 0 Å². The molecule has 0 aromatic heterocycles. The van der Waals surface area contributed by atoms with Crippen LogP contribution in [0.1, 0.15) is 0 Å². The van der Waals surface area contributed by atoms with Gasteiger partial charge in [-0.2, -0.15) is 11.8 Å². The monoisotopic (exact) mass is 234 g/mol. The largest absolute Gasteiger partial charge is 0.480 e. The van der Waals surface area contributed by atoms with Crippen LogP contribution in [0.25, 0.3) is 0 Å². The summed E-state index contributed by atoms with van der Waals surface area (Å²) in [7, 11) is 0. The standard InChI is InChI=1S/C8H14N2O4S/c11-3-5(8(13)14)10-7(12)6-4-15-2-1-9-6/h5-6,9,11H,1-4H2,(H,10,12)(H,13,14). The van der Waals surface area contributed by atoms with E-state index in [-0.39, 0.29) is 11.9 Å². The van der Waals surface area contributed by atoms with Gasteiger partial charge in [-0.15, -0.1) is 0 Å². The van der Waals surface area contributed by atoms with E-state index in [0.29, 0.717) is 5.75 Å². The zero-order valence-corrected chi connectivity index (χ0v) is 8.92. The second-order valence-corrected chi connectivity index (χ2v) is 4.31. The Morgan fingerprint density at radius 3 is 2.80 bits per heavy atom. The first-order valence-electron chi connectivity index (χ1n) is 4.60. The topological polar surface area (TPSA) is 98.7 Å². The highest BCUT2D eigenvalue weighted by molar-refractivity contribution is 7.99. The van der Waals surface area contributed by atoms with Gasteiger partial charge in [-0.1, -0.05) is 0 Å². The zero-order chi connectivity index (χ0) is 11.3. The molecule has 0 spiro atoms. The van der Waals surface area contributed by atoms with Gasteiger partial charge in [-0.3, -0.25) is 4.79 Å². The summed E-state index contributed by atoms with van der Waals surface area (Å²) in [5.74, 6) is -0.0200. The Morgan fingerprint density at radius 1 is 1.60 bits per heavy atom. The summed E-state index contributed by atoms with van der Waals surface area (Å²) < 4.78 is 0. The van der Waals surface area contributed by atoms with E-state index in [0.717, 1.165) is 12.3 Å². The number of amides is 1. The summed E-state index contributed by atoms with van der Waals surface area (Å²) in [4.78, 5) is 22.1. The predicted octanol–water partition coefficient (Wildman–Crippen LogP) is -1.75. The Bertz CT molecular complexity index is 243. The third kappa shape index (κ3) is 3.69. The number of aliphatic hydroxyl groups excluding tert-OH is 1. The minimum atomic E-state index is -1.23. The van der Waals surface area contributed by atoms with Gasteiger partial charge in [0.05, 0.1) is 12.6 Å². The molecule has 1 amide bonds. The van der Waals surface area contributed by atoms with Crippen LogP contribution in [0.15, 0.2) is 0 Å². The highest BCUT2D eigenvalue weighted by Gasteiger charge is 2.25. The fraction of sp³-hybridized carbons (Fsp3) is 0.750. The van der Waals surface area contributed by atoms with Gasteiger partial charge in [-0.25, -0.2) is 4.79 Å². The van der Waals surface area contributed by atoms with Crippen LogP contribution in [0.4, 0.5) is 0 Å². The predicted molar refractivity (Wildman–Crippen MR) is 55.8 cm³/mol. The van der Waals surface area contributed by atoms with Crippen LogP contribution in [0.2, 0.25) is 0 Å². The van der Waals surface area contributed by atoms with Gasteiger partial charge in [0, 0.05) is 18.1 Å². The lowest BCUT2D eigenvalue weighted by molar-refractivity contribution is -0.143. The van der Waals surface area contributed by atoms with Crippen LogP contribution in [0, 0.1) is 0 Å². The summed E-state index contributed by atoms with van der Waals surface area (Å²) in [5, 5.41) is 22.6. The van der Waals surface area contributed by atoms with Crippen molar-refractivity contribution < 1.29 is 19.8 Å². The summed E-state index contributed by atoms with van der Waals surface area (Å²) in [5.41, 5.74) is 0. The van der Waals surface area contributed by atoms with E-state index in [2.05, 4.69) is 10.6 Å². The smallest absolute Gasteiger partial charge is 0.328 e. The number of carbonyl (C=O) groups is 2. The number of aliphatic carboxylic acids is 1. The number of carbonyl (C=O) groups excluding carboxylic acids is 1. The van der Waals surface area contributed by atoms with Crippen LogP contribution in [-0.2, 0) is 9.59 Å². The number of nitrogens with one attached hydrogen (secondary N) is 2. The number of aliphatic hydroxyl groups is 1. The maximum atomic E-state index is 11.5. The summed E-state index contributed by atoms with van der Waals surface area (Å²) >= 11 is 1.64. The van der Waals surface area contributed by atoms with Crippen LogP contribution in [0.5, 0.6) is 0 Å². The molecule has 1 saturated heterocycles. The van der Waals surface area contributed by atoms with E-state index in [9.17, 15) is 9.59 Å². The fourth-order valence-corrected chi connectivity index (χ4v) is 2.13. The number of rotatable bonds is 4. The van der Waals surface area contributed by atoms with Crippen molar-refractivity contribution in [3.63, 3.8) is 0 Å². The fourth-order valence-electron chi connectivity index (χ4n) is 1.19. The Morgan fingerprint density at radius 2 is 2.33 bits per heavy atom. The first-order chi connectivity index (χ1) is 7.15. The Kier molecular flexibility index (Phi) is 4.86. The van der Waals surface area contributed by atoms with E-state index < -0.39 is 18.6 Å². The highest BCUT2D eigenvalue weighted by Crippen LogP contribution is 2.07. The maximum absolute atomic E-state index is 11.5. The third-order valence-corrected chi connectivity index (χ3v) is 3.10. The van der Waals surface area contributed by atoms with Gasteiger partial charge >= 0.3 is 5.97 Å². The molecule has 1 aliphatic heterocycles. The number of carboxylic acids is 1. The molecule has 0 saturated carbocycles. The van der Waals surface area contributed by atoms with E-state index in [4.69, 9.17) is 10.2 Å². The lowest BCUT2D eigenvalue weighted by Crippen LogP contribution is -2.54. The van der Waals surface area contributed by atoms with Crippen LogP contribution < -0.4 is 10.6 Å². The van der Waals surface area contributed by atoms with Gasteiger partial charge in [0.25, 0.3) is 0 Å². The molecule has 1 fully saturated rings. The molecule has 6 nitrogen and oxygen atoms in total. The van der Waals surface area contributed by atoms with Gasteiger partial charge < -0.3 is 20.8 Å². The lowest BCUT2D eigenvalue weighted by atomic mass is 10.2. The summed E-state index contributed by atoms with van der Waals surface area (Å²) in [6.45, 7) is 0.139. The molecular formula is C8H14N2O4S. The molecule has 2 unspecified atom stereocenters. The molecule has 4 N–H and O–H groups in total. The summed E-state index contributed by atoms with van der Waals surface area (Å²) in [6.07, 6.45) is 0. The van der Waals surface area contributed by atoms with Gasteiger partial charge in [0.15, 0.2) is 0 Å². The molecule has 15 heavy (non-hydrogen) atoms. The van der Waals surface area contributed by atoms with Crippen molar-refractivity contribution in [2.45, 2.75) is 12.1 Å². The zero-order valence-electron chi connectivity index (χ0n) is 8.10. The van der Waals surface area contributed by atoms with Crippen LogP contribution in [-0.4, -0.2) is 58.8 Å². The SMILES string of the molecule is O=C(O)C(CO)NC(=O)C1CSCCN1. The van der Waals surface area contributed by atoms with Gasteiger partial charge in [0.2, 0.25) is 5.91 Å². The molecule has 7 heteroatoms. The Balaban J connectivity index is 2.42. The van der Waals surface area contributed by atoms with Crippen molar-refractivity contribution >= 4 is 23.6 Å². The summed E-state index contributed by atoms with van der Waals surface area (Å²) in [6, 6.07) is -1.58. The number of carboxylic acid groups (broad SMARTS) is 1. The minimum absolute atomic E-state index is 0.364. The molecule has 1 aliphatic rings. The molecule has 0 radical (unpaired) electrons. The lowest BCUT2D eigenvalue weighted by Gasteiger charge is -2.23. The molecule has 2 atom stereocenters. The van der Waals surface area contributed by atoms with Gasteiger partial charge in [-0.05, 0) is 0 Å². The molecule has 86 valence electrons. The van der Waals surface area contributed by atoms with E-state index in [1.54, 1.807) is 11.8 Å². The first kappa shape index (κ1) is 12.3. The second-order valence-electron chi connectivity index (χ2n) is 3.16. The number of thioether (sulfide) groups is 1. The van der Waals surface area contributed by atoms with Crippen molar-refractivity contribution in [2.24, 2.45) is 0 Å². The Hall–Kier alpha value is -0.790. The molecular weight excluding hydrogens is 220 g/mol. The molecule has 0 bridgehead atoms. The third-order valence-electron chi connectivity index (χ3n) is 2.04. The molecule has 0 aromatic carbocycles. The van der Waals surface area contributed by atoms with Gasteiger partial charge in [0.1, 0.15) is 6.04 Å². The van der Waals surface area contributed by atoms with E-state index in [1.807, 2.05) is 0 Å². The average Bonchev–Trinajstić information content (AvgIpc) is 2.26. The van der Waals surface area contributed by atoms with E-state index in [1.165, 1.54) is 0 Å². The second kappa shape index (κ2) is 5.94. The molecule has 0 aromatic rings. The maximum Gasteiger partial charge on any atom is 0.328 e. The quantitative estimate of drug-likeness (QED) is 0.460.